The first-order chi connectivity index (χ1) is 3.85. The Kier molecular flexibility index (Phi) is 4.33. The summed E-state index contributed by atoms with van der Waals surface area (Å²) in [4.78, 5) is 0. The van der Waals surface area contributed by atoms with Gasteiger partial charge < -0.3 is 0 Å². The maximum Gasteiger partial charge on any atom is -0.0282 e. The average Bonchev–Trinajstić information content (AvgIpc) is 1.83. The van der Waals surface area contributed by atoms with Gasteiger partial charge in [-0.1, -0.05) is 23.8 Å². The molecule has 0 heterocycles. The highest BCUT2D eigenvalue weighted by molar-refractivity contribution is 5.17. The molecule has 8 heavy (non-hydrogen) atoms. The summed E-state index contributed by atoms with van der Waals surface area (Å²) < 4.78 is 0. The molecule has 0 aliphatic carbocycles. The number of hydrogen-bond acceptors (Lipinski definition) is 0. The minimum Gasteiger partial charge on any atom is -0.0874 e. The lowest BCUT2D eigenvalue weighted by atomic mass is 10.2. The molecule has 0 aromatic heterocycles. The van der Waals surface area contributed by atoms with Gasteiger partial charge in [-0.3, -0.25) is 0 Å². The van der Waals surface area contributed by atoms with Crippen molar-refractivity contribution < 1.29 is 0 Å². The smallest absolute Gasteiger partial charge is 0.0282 e. The molecular formula is C8H13. The lowest BCUT2D eigenvalue weighted by Gasteiger charge is -1.89. The quantitative estimate of drug-likeness (QED) is 0.478. The molecule has 0 heteroatoms. The summed E-state index contributed by atoms with van der Waals surface area (Å²) in [7, 11) is 0. The SMILES string of the molecule is [CH2]CC(/C=C/C)=C\C. The maximum absolute atomic E-state index is 3.76. The minimum absolute atomic E-state index is 0.890. The van der Waals surface area contributed by atoms with Crippen LogP contribution in [0, 0.1) is 6.92 Å². The van der Waals surface area contributed by atoms with Crippen LogP contribution >= 0.6 is 0 Å². The second-order valence-electron chi connectivity index (χ2n) is 1.61. The van der Waals surface area contributed by atoms with Crippen molar-refractivity contribution in [3.05, 3.63) is 30.7 Å². The van der Waals surface area contributed by atoms with Crippen molar-refractivity contribution in [3.8, 4) is 0 Å². The Morgan fingerprint density at radius 2 is 2.12 bits per heavy atom. The van der Waals surface area contributed by atoms with Crippen molar-refractivity contribution >= 4 is 0 Å². The highest BCUT2D eigenvalue weighted by atomic mass is 13.9. The van der Waals surface area contributed by atoms with Crippen LogP contribution in [0.5, 0.6) is 0 Å². The largest absolute Gasteiger partial charge is 0.0874 e. The number of allylic oxidation sites excluding steroid dienone is 4. The van der Waals surface area contributed by atoms with Gasteiger partial charge in [-0.15, -0.1) is 0 Å². The van der Waals surface area contributed by atoms with E-state index in [0.29, 0.717) is 0 Å². The van der Waals surface area contributed by atoms with Crippen molar-refractivity contribution in [2.75, 3.05) is 0 Å². The van der Waals surface area contributed by atoms with E-state index in [9.17, 15) is 0 Å². The Labute approximate surface area is 51.9 Å². The average molecular weight is 109 g/mol. The van der Waals surface area contributed by atoms with Crippen LogP contribution in [0.25, 0.3) is 0 Å². The van der Waals surface area contributed by atoms with Crippen molar-refractivity contribution in [1.29, 1.82) is 0 Å². The Hall–Kier alpha value is -0.520. The summed E-state index contributed by atoms with van der Waals surface area (Å²) in [6.45, 7) is 7.80. The first-order valence-electron chi connectivity index (χ1n) is 2.92. The van der Waals surface area contributed by atoms with E-state index in [1.54, 1.807) is 0 Å². The summed E-state index contributed by atoms with van der Waals surface area (Å²) in [5.74, 6) is 0. The maximum atomic E-state index is 3.76. The van der Waals surface area contributed by atoms with E-state index in [1.165, 1.54) is 5.57 Å². The van der Waals surface area contributed by atoms with Gasteiger partial charge in [0.25, 0.3) is 0 Å². The highest BCUT2D eigenvalue weighted by Crippen LogP contribution is 1.99. The molecule has 45 valence electrons. The molecule has 0 spiro atoms. The van der Waals surface area contributed by atoms with Gasteiger partial charge in [-0.2, -0.15) is 0 Å². The van der Waals surface area contributed by atoms with E-state index in [2.05, 4.69) is 19.1 Å². The monoisotopic (exact) mass is 109 g/mol. The summed E-state index contributed by atoms with van der Waals surface area (Å²) in [6.07, 6.45) is 7.07. The van der Waals surface area contributed by atoms with Gasteiger partial charge in [-0.05, 0) is 27.2 Å². The van der Waals surface area contributed by atoms with Crippen molar-refractivity contribution in [1.82, 2.24) is 0 Å². The van der Waals surface area contributed by atoms with Crippen LogP contribution in [0.3, 0.4) is 0 Å². The summed E-state index contributed by atoms with van der Waals surface area (Å²) in [5.41, 5.74) is 1.30. The van der Waals surface area contributed by atoms with E-state index in [-0.39, 0.29) is 0 Å². The van der Waals surface area contributed by atoms with Crippen LogP contribution in [-0.4, -0.2) is 0 Å². The fourth-order valence-electron chi connectivity index (χ4n) is 0.538. The molecular weight excluding hydrogens is 96.1 g/mol. The van der Waals surface area contributed by atoms with Crippen LogP contribution < -0.4 is 0 Å². The van der Waals surface area contributed by atoms with Gasteiger partial charge in [0.1, 0.15) is 0 Å². The molecule has 0 nitrogen and oxygen atoms in total. The molecule has 0 unspecified atom stereocenters. The number of hydrogen-bond donors (Lipinski definition) is 0. The van der Waals surface area contributed by atoms with E-state index < -0.39 is 0 Å². The highest BCUT2D eigenvalue weighted by Gasteiger charge is 1.79. The predicted molar refractivity (Wildman–Crippen MR) is 38.5 cm³/mol. The second kappa shape index (κ2) is 4.63. The molecule has 1 radical (unpaired) electrons. The molecule has 0 aromatic carbocycles. The Morgan fingerprint density at radius 1 is 1.50 bits per heavy atom. The summed E-state index contributed by atoms with van der Waals surface area (Å²) in [5, 5.41) is 0. The molecule has 0 saturated carbocycles. The third-order valence-electron chi connectivity index (χ3n) is 1.04. The molecule has 0 rings (SSSR count). The standard InChI is InChI=1S/C8H13/c1-4-7-8(5-2)6-3/h4,6-7H,2,5H2,1,3H3/b7-4+,8-6+. The van der Waals surface area contributed by atoms with Gasteiger partial charge in [0, 0.05) is 0 Å². The second-order valence-corrected chi connectivity index (χ2v) is 1.61. The zero-order chi connectivity index (χ0) is 6.41. The normalized spacial score (nSPS) is 13.1. The summed E-state index contributed by atoms with van der Waals surface area (Å²) in [6, 6.07) is 0. The Balaban J connectivity index is 3.72. The lowest BCUT2D eigenvalue weighted by Crippen LogP contribution is -1.69. The first-order valence-corrected chi connectivity index (χ1v) is 2.92. The third-order valence-corrected chi connectivity index (χ3v) is 1.04. The van der Waals surface area contributed by atoms with Crippen molar-refractivity contribution in [3.63, 3.8) is 0 Å². The molecule has 0 N–H and O–H groups in total. The van der Waals surface area contributed by atoms with Crippen molar-refractivity contribution in [2.45, 2.75) is 20.3 Å². The van der Waals surface area contributed by atoms with Gasteiger partial charge >= 0.3 is 0 Å². The Morgan fingerprint density at radius 3 is 2.25 bits per heavy atom. The molecule has 0 bridgehead atoms. The number of rotatable bonds is 2. The van der Waals surface area contributed by atoms with Gasteiger partial charge in [0.15, 0.2) is 0 Å². The zero-order valence-corrected chi connectivity index (χ0v) is 5.65. The van der Waals surface area contributed by atoms with E-state index >= 15 is 0 Å². The molecule has 0 aromatic rings. The molecule has 0 aliphatic heterocycles. The van der Waals surface area contributed by atoms with Crippen LogP contribution in [-0.2, 0) is 0 Å². The van der Waals surface area contributed by atoms with Gasteiger partial charge in [0.2, 0.25) is 0 Å². The molecule has 0 amide bonds. The lowest BCUT2D eigenvalue weighted by molar-refractivity contribution is 1.27. The van der Waals surface area contributed by atoms with Crippen molar-refractivity contribution in [2.24, 2.45) is 0 Å². The van der Waals surface area contributed by atoms with Gasteiger partial charge in [0.05, 0.1) is 0 Å². The predicted octanol–water partition coefficient (Wildman–Crippen LogP) is 2.73. The first kappa shape index (κ1) is 7.48. The topological polar surface area (TPSA) is 0 Å². The fraction of sp³-hybridized carbons (Fsp3) is 0.375. The van der Waals surface area contributed by atoms with Crippen LogP contribution in [0.4, 0.5) is 0 Å². The molecule has 0 atom stereocenters. The van der Waals surface area contributed by atoms with E-state index in [1.807, 2.05) is 19.9 Å². The third kappa shape index (κ3) is 2.62. The fourth-order valence-corrected chi connectivity index (χ4v) is 0.538. The molecule has 0 fully saturated rings. The molecule has 0 saturated heterocycles. The van der Waals surface area contributed by atoms with Gasteiger partial charge in [-0.25, -0.2) is 0 Å². The molecule has 0 aliphatic rings. The Bertz CT molecular complexity index is 93.9. The van der Waals surface area contributed by atoms with E-state index in [4.69, 9.17) is 0 Å². The zero-order valence-electron chi connectivity index (χ0n) is 5.65. The van der Waals surface area contributed by atoms with Crippen LogP contribution in [0.15, 0.2) is 23.8 Å². The van der Waals surface area contributed by atoms with E-state index in [0.717, 1.165) is 6.42 Å². The van der Waals surface area contributed by atoms with Crippen LogP contribution in [0.1, 0.15) is 20.3 Å². The minimum atomic E-state index is 0.890. The van der Waals surface area contributed by atoms with Crippen LogP contribution in [0.2, 0.25) is 0 Å². The summed E-state index contributed by atoms with van der Waals surface area (Å²) >= 11 is 0.